The molecule has 0 aliphatic carbocycles. The third kappa shape index (κ3) is 11.7. The molecule has 8 heteroatoms. The Morgan fingerprint density at radius 3 is 2.11 bits per heavy atom. The SMILES string of the molecule is CCNC(=NCC(CC)(CC)NC(=O)OC(C)(C)C)NCCC(=O)NC(C)C. The third-order valence-electron chi connectivity index (χ3n) is 4.10. The van der Waals surface area contributed by atoms with Gasteiger partial charge >= 0.3 is 6.09 Å². The topological polar surface area (TPSA) is 104 Å². The lowest BCUT2D eigenvalue weighted by Gasteiger charge is -2.32. The highest BCUT2D eigenvalue weighted by atomic mass is 16.6. The average molecular weight is 400 g/mol. The summed E-state index contributed by atoms with van der Waals surface area (Å²) in [6.07, 6.45) is 1.38. The molecule has 0 aliphatic rings. The molecule has 0 aromatic carbocycles. The molecule has 0 spiro atoms. The van der Waals surface area contributed by atoms with Gasteiger partial charge in [0.25, 0.3) is 0 Å². The monoisotopic (exact) mass is 399 g/mol. The van der Waals surface area contributed by atoms with E-state index in [-0.39, 0.29) is 11.9 Å². The summed E-state index contributed by atoms with van der Waals surface area (Å²) in [6.45, 7) is 17.0. The Kier molecular flexibility index (Phi) is 11.6. The van der Waals surface area contributed by atoms with Gasteiger partial charge in [-0.2, -0.15) is 0 Å². The Labute approximate surface area is 170 Å². The Balaban J connectivity index is 4.93. The highest BCUT2D eigenvalue weighted by Crippen LogP contribution is 2.17. The second-order valence-electron chi connectivity index (χ2n) is 8.21. The number of hydrogen-bond acceptors (Lipinski definition) is 4. The van der Waals surface area contributed by atoms with Crippen LogP contribution in [0.4, 0.5) is 4.79 Å². The largest absolute Gasteiger partial charge is 0.444 e. The average Bonchev–Trinajstić information content (AvgIpc) is 2.56. The van der Waals surface area contributed by atoms with Crippen molar-refractivity contribution in [1.82, 2.24) is 21.3 Å². The third-order valence-corrected chi connectivity index (χ3v) is 4.10. The first-order valence-corrected chi connectivity index (χ1v) is 10.3. The summed E-state index contributed by atoms with van der Waals surface area (Å²) in [5.41, 5.74) is -1.03. The van der Waals surface area contributed by atoms with Gasteiger partial charge in [0.1, 0.15) is 5.60 Å². The van der Waals surface area contributed by atoms with Gasteiger partial charge in [-0.25, -0.2) is 4.79 Å². The van der Waals surface area contributed by atoms with Crippen molar-refractivity contribution in [3.63, 3.8) is 0 Å². The van der Waals surface area contributed by atoms with E-state index in [1.54, 1.807) is 0 Å². The van der Waals surface area contributed by atoms with E-state index in [2.05, 4.69) is 26.3 Å². The maximum atomic E-state index is 12.2. The van der Waals surface area contributed by atoms with Crippen molar-refractivity contribution < 1.29 is 14.3 Å². The fourth-order valence-electron chi connectivity index (χ4n) is 2.47. The van der Waals surface area contributed by atoms with Crippen LogP contribution in [0.15, 0.2) is 4.99 Å². The quantitative estimate of drug-likeness (QED) is 0.334. The fourth-order valence-corrected chi connectivity index (χ4v) is 2.47. The van der Waals surface area contributed by atoms with Crippen LogP contribution < -0.4 is 21.3 Å². The Hall–Kier alpha value is -1.99. The van der Waals surface area contributed by atoms with Gasteiger partial charge in [0.2, 0.25) is 5.91 Å². The summed E-state index contributed by atoms with van der Waals surface area (Å²) >= 11 is 0. The minimum Gasteiger partial charge on any atom is -0.444 e. The molecule has 164 valence electrons. The summed E-state index contributed by atoms with van der Waals surface area (Å²) in [5, 5.41) is 12.2. The zero-order valence-corrected chi connectivity index (χ0v) is 19.0. The fraction of sp³-hybridized carbons (Fsp3) is 0.850. The lowest BCUT2D eigenvalue weighted by molar-refractivity contribution is -0.121. The number of rotatable bonds is 10. The van der Waals surface area contributed by atoms with Crippen LogP contribution >= 0.6 is 0 Å². The maximum absolute atomic E-state index is 12.2. The molecule has 28 heavy (non-hydrogen) atoms. The summed E-state index contributed by atoms with van der Waals surface area (Å²) < 4.78 is 5.40. The molecular formula is C20H41N5O3. The first kappa shape index (κ1) is 26.0. The zero-order valence-electron chi connectivity index (χ0n) is 19.0. The second-order valence-corrected chi connectivity index (χ2v) is 8.21. The van der Waals surface area contributed by atoms with E-state index < -0.39 is 17.2 Å². The number of amides is 2. The van der Waals surface area contributed by atoms with Gasteiger partial charge < -0.3 is 26.0 Å². The van der Waals surface area contributed by atoms with Gasteiger partial charge in [0.05, 0.1) is 12.1 Å². The first-order valence-electron chi connectivity index (χ1n) is 10.3. The summed E-state index contributed by atoms with van der Waals surface area (Å²) in [6, 6.07) is 0.128. The van der Waals surface area contributed by atoms with Gasteiger partial charge in [-0.15, -0.1) is 0 Å². The Bertz CT molecular complexity index is 508. The summed E-state index contributed by atoms with van der Waals surface area (Å²) in [4.78, 5) is 28.6. The van der Waals surface area contributed by atoms with Crippen LogP contribution in [-0.4, -0.2) is 54.8 Å². The van der Waals surface area contributed by atoms with E-state index >= 15 is 0 Å². The molecule has 0 saturated heterocycles. The Morgan fingerprint density at radius 2 is 1.64 bits per heavy atom. The van der Waals surface area contributed by atoms with Crippen LogP contribution in [0.3, 0.4) is 0 Å². The van der Waals surface area contributed by atoms with Crippen LogP contribution in [0.25, 0.3) is 0 Å². The van der Waals surface area contributed by atoms with Crippen molar-refractivity contribution in [2.75, 3.05) is 19.6 Å². The van der Waals surface area contributed by atoms with Crippen molar-refractivity contribution in [2.45, 2.75) is 91.8 Å². The number of nitrogens with one attached hydrogen (secondary N) is 4. The highest BCUT2D eigenvalue weighted by Gasteiger charge is 2.30. The van der Waals surface area contributed by atoms with E-state index in [4.69, 9.17) is 4.74 Å². The van der Waals surface area contributed by atoms with Gasteiger partial charge in [-0.3, -0.25) is 9.79 Å². The van der Waals surface area contributed by atoms with Gasteiger partial charge in [-0.05, 0) is 54.4 Å². The van der Waals surface area contributed by atoms with E-state index in [1.165, 1.54) is 0 Å². The number of aliphatic imine (C=N–C) groups is 1. The molecule has 8 nitrogen and oxygen atoms in total. The maximum Gasteiger partial charge on any atom is 0.408 e. The number of hydrogen-bond donors (Lipinski definition) is 4. The molecule has 0 bridgehead atoms. The van der Waals surface area contributed by atoms with Crippen LogP contribution in [0.1, 0.15) is 74.7 Å². The predicted molar refractivity (Wildman–Crippen MR) is 115 cm³/mol. The van der Waals surface area contributed by atoms with Crippen molar-refractivity contribution in [3.8, 4) is 0 Å². The summed E-state index contributed by atoms with van der Waals surface area (Å²) in [7, 11) is 0. The lowest BCUT2D eigenvalue weighted by atomic mass is 9.93. The molecule has 0 aromatic heterocycles. The number of carbonyl (C=O) groups excluding carboxylic acids is 2. The summed E-state index contributed by atoms with van der Waals surface area (Å²) in [5.74, 6) is 0.624. The number of alkyl carbamates (subject to hydrolysis) is 1. The van der Waals surface area contributed by atoms with E-state index in [0.29, 0.717) is 32.0 Å². The lowest BCUT2D eigenvalue weighted by Crippen LogP contribution is -2.52. The highest BCUT2D eigenvalue weighted by molar-refractivity contribution is 5.81. The number of nitrogens with zero attached hydrogens (tertiary/aromatic N) is 1. The molecular weight excluding hydrogens is 358 g/mol. The minimum absolute atomic E-state index is 0.00130. The molecule has 0 unspecified atom stereocenters. The molecule has 0 aromatic rings. The molecule has 0 radical (unpaired) electrons. The number of carbonyl (C=O) groups is 2. The van der Waals surface area contributed by atoms with E-state index in [0.717, 1.165) is 12.8 Å². The Morgan fingerprint density at radius 1 is 1.04 bits per heavy atom. The minimum atomic E-state index is -0.548. The predicted octanol–water partition coefficient (Wildman–Crippen LogP) is 2.54. The zero-order chi connectivity index (χ0) is 21.8. The van der Waals surface area contributed by atoms with E-state index in [9.17, 15) is 9.59 Å². The van der Waals surface area contributed by atoms with Crippen molar-refractivity contribution in [3.05, 3.63) is 0 Å². The molecule has 0 rings (SSSR count). The molecule has 0 fully saturated rings. The number of ether oxygens (including phenoxy) is 1. The van der Waals surface area contributed by atoms with Gasteiger partial charge in [-0.1, -0.05) is 13.8 Å². The molecule has 4 N–H and O–H groups in total. The van der Waals surface area contributed by atoms with Gasteiger partial charge in [0, 0.05) is 25.6 Å². The normalized spacial score (nSPS) is 12.5. The standard InChI is InChI=1S/C20H41N5O3/c1-9-20(10-2,25-18(27)28-19(6,7)8)14-23-17(21-11-3)22-13-12-16(26)24-15(4)5/h15H,9-14H2,1-8H3,(H,24,26)(H,25,27)(H2,21,22,23). The van der Waals surface area contributed by atoms with Crippen molar-refractivity contribution >= 4 is 18.0 Å². The van der Waals surface area contributed by atoms with Crippen LogP contribution in [0.2, 0.25) is 0 Å². The van der Waals surface area contributed by atoms with Crippen LogP contribution in [-0.2, 0) is 9.53 Å². The smallest absolute Gasteiger partial charge is 0.408 e. The second kappa shape index (κ2) is 12.5. The molecule has 2 amide bonds. The first-order chi connectivity index (χ1) is 13.0. The molecule has 0 saturated carbocycles. The van der Waals surface area contributed by atoms with Gasteiger partial charge in [0.15, 0.2) is 5.96 Å². The van der Waals surface area contributed by atoms with Crippen LogP contribution in [0, 0.1) is 0 Å². The van der Waals surface area contributed by atoms with E-state index in [1.807, 2.05) is 55.4 Å². The van der Waals surface area contributed by atoms with Crippen molar-refractivity contribution in [1.29, 1.82) is 0 Å². The van der Waals surface area contributed by atoms with Crippen LogP contribution in [0.5, 0.6) is 0 Å². The number of guanidine groups is 1. The molecule has 0 atom stereocenters. The van der Waals surface area contributed by atoms with Crippen molar-refractivity contribution in [2.24, 2.45) is 4.99 Å². The molecule has 0 heterocycles. The molecule has 0 aliphatic heterocycles.